The van der Waals surface area contributed by atoms with Crippen molar-refractivity contribution in [1.82, 2.24) is 14.8 Å². The summed E-state index contributed by atoms with van der Waals surface area (Å²) in [5.41, 5.74) is -1.14. The first-order chi connectivity index (χ1) is 13.9. The van der Waals surface area contributed by atoms with Crippen molar-refractivity contribution in [3.63, 3.8) is 0 Å². The molecule has 0 radical (unpaired) electrons. The zero-order valence-electron chi connectivity index (χ0n) is 15.6. The van der Waals surface area contributed by atoms with Gasteiger partial charge in [0.15, 0.2) is 5.78 Å². The SMILES string of the molecule is CC(=O)C=Cc1ccc(OCC(O)(Cn2cncn2)c2ccc(F)cc2F)cc1. The molecule has 0 saturated heterocycles. The van der Waals surface area contributed by atoms with E-state index in [9.17, 15) is 18.7 Å². The molecule has 0 spiro atoms. The quantitative estimate of drug-likeness (QED) is 0.589. The molecular formula is C21H19F2N3O3. The van der Waals surface area contributed by atoms with Crippen LogP contribution in [0, 0.1) is 11.6 Å². The fraction of sp³-hybridized carbons (Fsp3) is 0.190. The van der Waals surface area contributed by atoms with Crippen molar-refractivity contribution in [3.8, 4) is 5.75 Å². The molecule has 0 fully saturated rings. The van der Waals surface area contributed by atoms with E-state index in [4.69, 9.17) is 4.74 Å². The van der Waals surface area contributed by atoms with Crippen LogP contribution in [-0.2, 0) is 16.9 Å². The molecule has 8 heteroatoms. The van der Waals surface area contributed by atoms with E-state index in [2.05, 4.69) is 10.1 Å². The van der Waals surface area contributed by atoms with Gasteiger partial charge in [-0.2, -0.15) is 5.10 Å². The van der Waals surface area contributed by atoms with Crippen molar-refractivity contribution in [1.29, 1.82) is 0 Å². The molecular weight excluding hydrogens is 380 g/mol. The van der Waals surface area contributed by atoms with Gasteiger partial charge in [-0.15, -0.1) is 0 Å². The Hall–Kier alpha value is -3.39. The minimum Gasteiger partial charge on any atom is -0.490 e. The van der Waals surface area contributed by atoms with Gasteiger partial charge in [0.1, 0.15) is 42.2 Å². The standard InChI is InChI=1S/C21H19F2N3O3/c1-15(27)2-3-16-4-7-18(8-5-16)29-12-21(28,11-26-14-24-13-25-26)19-9-6-17(22)10-20(19)23/h2-10,13-14,28H,11-12H2,1H3. The summed E-state index contributed by atoms with van der Waals surface area (Å²) in [5, 5.41) is 15.1. The van der Waals surface area contributed by atoms with Crippen LogP contribution in [0.3, 0.4) is 0 Å². The Morgan fingerprint density at radius 1 is 1.24 bits per heavy atom. The first kappa shape index (κ1) is 20.3. The molecule has 2 aromatic carbocycles. The summed E-state index contributed by atoms with van der Waals surface area (Å²) < 4.78 is 34.7. The molecule has 0 bridgehead atoms. The highest BCUT2D eigenvalue weighted by atomic mass is 19.1. The highest BCUT2D eigenvalue weighted by Crippen LogP contribution is 2.28. The van der Waals surface area contributed by atoms with Crippen LogP contribution >= 0.6 is 0 Å². The average molecular weight is 399 g/mol. The summed E-state index contributed by atoms with van der Waals surface area (Å²) in [5.74, 6) is -1.26. The molecule has 0 aliphatic heterocycles. The van der Waals surface area contributed by atoms with Gasteiger partial charge in [0.2, 0.25) is 0 Å². The van der Waals surface area contributed by atoms with Crippen molar-refractivity contribution in [2.45, 2.75) is 19.1 Å². The van der Waals surface area contributed by atoms with E-state index >= 15 is 0 Å². The number of aromatic nitrogens is 3. The Morgan fingerprint density at radius 3 is 2.62 bits per heavy atom. The van der Waals surface area contributed by atoms with Gasteiger partial charge in [-0.25, -0.2) is 18.4 Å². The van der Waals surface area contributed by atoms with Crippen LogP contribution in [0.4, 0.5) is 8.78 Å². The smallest absolute Gasteiger partial charge is 0.152 e. The number of nitrogens with zero attached hydrogens (tertiary/aromatic N) is 3. The number of ketones is 1. The molecule has 150 valence electrons. The Labute approximate surface area is 166 Å². The number of carbonyl (C=O) groups is 1. The van der Waals surface area contributed by atoms with Crippen molar-refractivity contribution in [3.05, 3.63) is 84.0 Å². The van der Waals surface area contributed by atoms with Crippen molar-refractivity contribution < 1.29 is 23.4 Å². The van der Waals surface area contributed by atoms with Gasteiger partial charge in [0.25, 0.3) is 0 Å². The summed E-state index contributed by atoms with van der Waals surface area (Å²) in [6, 6.07) is 9.76. The number of aliphatic hydroxyl groups is 1. The minimum atomic E-state index is -1.82. The zero-order valence-corrected chi connectivity index (χ0v) is 15.6. The first-order valence-corrected chi connectivity index (χ1v) is 8.77. The number of benzene rings is 2. The summed E-state index contributed by atoms with van der Waals surface area (Å²) in [6.45, 7) is 1.01. The molecule has 0 aliphatic rings. The normalized spacial score (nSPS) is 13.4. The van der Waals surface area contributed by atoms with E-state index in [1.807, 2.05) is 0 Å². The Balaban J connectivity index is 1.81. The van der Waals surface area contributed by atoms with Gasteiger partial charge in [0, 0.05) is 11.6 Å². The molecule has 1 unspecified atom stereocenters. The predicted octanol–water partition coefficient (Wildman–Crippen LogP) is 3.13. The zero-order chi connectivity index (χ0) is 20.9. The second-order valence-electron chi connectivity index (χ2n) is 6.55. The second-order valence-corrected chi connectivity index (χ2v) is 6.55. The molecule has 0 amide bonds. The third kappa shape index (κ3) is 5.32. The lowest BCUT2D eigenvalue weighted by atomic mass is 9.94. The van der Waals surface area contributed by atoms with Crippen LogP contribution in [0.15, 0.2) is 61.2 Å². The number of halogens is 2. The molecule has 0 aliphatic carbocycles. The topological polar surface area (TPSA) is 77.2 Å². The Bertz CT molecular complexity index is 1000. The number of allylic oxidation sites excluding steroid dienone is 1. The number of carbonyl (C=O) groups excluding carboxylic acids is 1. The van der Waals surface area contributed by atoms with Gasteiger partial charge in [-0.1, -0.05) is 24.3 Å². The fourth-order valence-electron chi connectivity index (χ4n) is 2.75. The summed E-state index contributed by atoms with van der Waals surface area (Å²) >= 11 is 0. The number of hydrogen-bond donors (Lipinski definition) is 1. The van der Waals surface area contributed by atoms with Crippen LogP contribution in [0.2, 0.25) is 0 Å². The van der Waals surface area contributed by atoms with E-state index in [0.717, 1.165) is 11.6 Å². The predicted molar refractivity (Wildman–Crippen MR) is 102 cm³/mol. The lowest BCUT2D eigenvalue weighted by molar-refractivity contribution is -0.112. The van der Waals surface area contributed by atoms with Crippen LogP contribution < -0.4 is 4.74 Å². The van der Waals surface area contributed by atoms with Gasteiger partial charge in [-0.05, 0) is 36.8 Å². The van der Waals surface area contributed by atoms with E-state index in [-0.39, 0.29) is 24.5 Å². The number of ether oxygens (including phenoxy) is 1. The minimum absolute atomic E-state index is 0.0650. The maximum absolute atomic E-state index is 14.4. The molecule has 0 saturated carbocycles. The molecule has 1 heterocycles. The van der Waals surface area contributed by atoms with Crippen molar-refractivity contribution in [2.75, 3.05) is 6.61 Å². The van der Waals surface area contributed by atoms with Crippen LogP contribution in [0.1, 0.15) is 18.1 Å². The highest BCUT2D eigenvalue weighted by molar-refractivity contribution is 5.91. The van der Waals surface area contributed by atoms with Crippen LogP contribution in [0.25, 0.3) is 6.08 Å². The van der Waals surface area contributed by atoms with Gasteiger partial charge < -0.3 is 9.84 Å². The van der Waals surface area contributed by atoms with Crippen LogP contribution in [-0.4, -0.2) is 32.3 Å². The summed E-state index contributed by atoms with van der Waals surface area (Å²) in [4.78, 5) is 14.8. The first-order valence-electron chi connectivity index (χ1n) is 8.77. The molecule has 3 aromatic rings. The van der Waals surface area contributed by atoms with E-state index in [1.165, 1.54) is 36.4 Å². The lowest BCUT2D eigenvalue weighted by Crippen LogP contribution is -2.39. The summed E-state index contributed by atoms with van der Waals surface area (Å²) in [6.07, 6.45) is 5.78. The highest BCUT2D eigenvalue weighted by Gasteiger charge is 2.34. The van der Waals surface area contributed by atoms with Crippen molar-refractivity contribution >= 4 is 11.9 Å². The largest absolute Gasteiger partial charge is 0.490 e. The molecule has 6 nitrogen and oxygen atoms in total. The van der Waals surface area contributed by atoms with Gasteiger partial charge in [0.05, 0.1) is 6.54 Å². The lowest BCUT2D eigenvalue weighted by Gasteiger charge is -2.29. The third-order valence-corrected chi connectivity index (χ3v) is 4.19. The van der Waals surface area contributed by atoms with Crippen molar-refractivity contribution in [2.24, 2.45) is 0 Å². The maximum Gasteiger partial charge on any atom is 0.152 e. The Morgan fingerprint density at radius 2 is 2.00 bits per heavy atom. The van der Waals surface area contributed by atoms with Gasteiger partial charge in [-0.3, -0.25) is 4.79 Å². The maximum atomic E-state index is 14.4. The summed E-state index contributed by atoms with van der Waals surface area (Å²) in [7, 11) is 0. The number of hydrogen-bond acceptors (Lipinski definition) is 5. The molecule has 1 aromatic heterocycles. The van der Waals surface area contributed by atoms with E-state index in [1.54, 1.807) is 30.3 Å². The monoisotopic (exact) mass is 399 g/mol. The molecule has 29 heavy (non-hydrogen) atoms. The number of rotatable bonds is 8. The van der Waals surface area contributed by atoms with E-state index in [0.29, 0.717) is 11.8 Å². The van der Waals surface area contributed by atoms with Gasteiger partial charge >= 0.3 is 0 Å². The van der Waals surface area contributed by atoms with E-state index < -0.39 is 17.2 Å². The third-order valence-electron chi connectivity index (χ3n) is 4.19. The fourth-order valence-corrected chi connectivity index (χ4v) is 2.75. The molecule has 3 rings (SSSR count). The average Bonchev–Trinajstić information content (AvgIpc) is 3.18. The second kappa shape index (κ2) is 8.74. The Kier molecular flexibility index (Phi) is 6.13. The van der Waals surface area contributed by atoms with Crippen LogP contribution in [0.5, 0.6) is 5.75 Å². The molecule has 1 atom stereocenters. The molecule has 1 N–H and O–H groups in total.